The zero-order valence-corrected chi connectivity index (χ0v) is 18.8. The summed E-state index contributed by atoms with van der Waals surface area (Å²) < 4.78 is 10.6. The molecule has 1 aromatic heterocycles. The second kappa shape index (κ2) is 9.85. The fourth-order valence-corrected chi connectivity index (χ4v) is 3.92. The van der Waals surface area contributed by atoms with Crippen LogP contribution in [0.15, 0.2) is 69.9 Å². The van der Waals surface area contributed by atoms with Crippen LogP contribution < -0.4 is 26.7 Å². The van der Waals surface area contributed by atoms with Crippen molar-refractivity contribution in [2.24, 2.45) is 5.73 Å². The van der Waals surface area contributed by atoms with Crippen molar-refractivity contribution in [1.29, 1.82) is 5.41 Å². The predicted octanol–water partition coefficient (Wildman–Crippen LogP) is 5.25. The number of carbonyl (C=O) groups is 1. The molecule has 0 spiro atoms. The van der Waals surface area contributed by atoms with E-state index in [1.807, 2.05) is 42.5 Å². The van der Waals surface area contributed by atoms with Gasteiger partial charge in [-0.25, -0.2) is 9.59 Å². The topological polar surface area (TPSA) is 130 Å². The molecule has 0 aliphatic heterocycles. The lowest BCUT2D eigenvalue weighted by Gasteiger charge is -2.11. The molecular formula is C23H19ClN4O4S. The monoisotopic (exact) mass is 482 g/mol. The summed E-state index contributed by atoms with van der Waals surface area (Å²) in [7, 11) is 0. The van der Waals surface area contributed by atoms with E-state index >= 15 is 0 Å². The van der Waals surface area contributed by atoms with Crippen molar-refractivity contribution in [2.75, 3.05) is 23.0 Å². The summed E-state index contributed by atoms with van der Waals surface area (Å²) in [5.74, 6) is 0.301. The number of amidine groups is 1. The van der Waals surface area contributed by atoms with E-state index in [0.717, 1.165) is 22.5 Å². The zero-order chi connectivity index (χ0) is 23.4. The number of rotatable bonds is 6. The number of urea groups is 1. The van der Waals surface area contributed by atoms with Gasteiger partial charge in [0.25, 0.3) is 0 Å². The number of carbonyl (C=O) groups excluding carboxylic acids is 1. The van der Waals surface area contributed by atoms with E-state index in [-0.39, 0.29) is 28.1 Å². The second-order valence-electron chi connectivity index (χ2n) is 6.92. The van der Waals surface area contributed by atoms with Crippen molar-refractivity contribution in [3.63, 3.8) is 0 Å². The highest BCUT2D eigenvalue weighted by atomic mass is 35.5. The van der Waals surface area contributed by atoms with Gasteiger partial charge in [-0.1, -0.05) is 65.8 Å². The maximum atomic E-state index is 12.6. The number of amides is 2. The Labute approximate surface area is 197 Å². The largest absolute Gasteiger partial charge is 0.463 e. The molecular weight excluding hydrogens is 464 g/mol. The highest BCUT2D eigenvalue weighted by molar-refractivity contribution is 8.13. The number of thioether (sulfide) groups is 1. The molecule has 8 nitrogen and oxygen atoms in total. The van der Waals surface area contributed by atoms with Crippen LogP contribution in [0.4, 0.5) is 16.2 Å². The van der Waals surface area contributed by atoms with E-state index < -0.39 is 11.7 Å². The molecule has 0 aliphatic carbocycles. The van der Waals surface area contributed by atoms with E-state index in [2.05, 4.69) is 10.6 Å². The fraction of sp³-hybridized carbons (Fsp3) is 0.0870. The van der Waals surface area contributed by atoms with E-state index in [1.165, 1.54) is 6.07 Å². The molecule has 4 rings (SSSR count). The van der Waals surface area contributed by atoms with Gasteiger partial charge >= 0.3 is 17.6 Å². The Morgan fingerprint density at radius 1 is 1.06 bits per heavy atom. The Kier molecular flexibility index (Phi) is 6.71. The van der Waals surface area contributed by atoms with Gasteiger partial charge in [-0.15, -0.1) is 0 Å². The molecule has 0 saturated carbocycles. The standard InChI is InChI=1S/C23H19ClN4O4S/c24-19-16-9-8-14(12-17(16)20(29)32-21(19)31-10-11-33-22(25)26)27-23(30)28-18-7-3-5-13-4-1-2-6-15(13)18/h1-9,12H,10-11H2,(H3,25,26)(H2,27,28,30). The van der Waals surface area contributed by atoms with Gasteiger partial charge in [-0.3, -0.25) is 5.41 Å². The Hall–Kier alpha value is -3.69. The molecule has 0 fully saturated rings. The molecule has 3 aromatic carbocycles. The quantitative estimate of drug-likeness (QED) is 0.169. The van der Waals surface area contributed by atoms with Gasteiger partial charge in [0.15, 0.2) is 5.17 Å². The Morgan fingerprint density at radius 2 is 1.85 bits per heavy atom. The van der Waals surface area contributed by atoms with Crippen molar-refractivity contribution in [3.8, 4) is 5.95 Å². The number of halogens is 1. The molecule has 4 aromatic rings. The third kappa shape index (κ3) is 5.21. The minimum atomic E-state index is -0.651. The molecule has 5 N–H and O–H groups in total. The van der Waals surface area contributed by atoms with Crippen LogP contribution in [-0.4, -0.2) is 23.6 Å². The lowest BCUT2D eigenvalue weighted by Crippen LogP contribution is -2.19. The average molecular weight is 483 g/mol. The lowest BCUT2D eigenvalue weighted by molar-refractivity contribution is 0.248. The number of nitrogens with one attached hydrogen (secondary N) is 3. The highest BCUT2D eigenvalue weighted by Gasteiger charge is 2.15. The van der Waals surface area contributed by atoms with Crippen LogP contribution in [0.25, 0.3) is 21.5 Å². The van der Waals surface area contributed by atoms with Crippen LogP contribution in [0.3, 0.4) is 0 Å². The summed E-state index contributed by atoms with van der Waals surface area (Å²) in [5.41, 5.74) is 5.69. The number of benzene rings is 3. The number of hydrogen-bond acceptors (Lipinski definition) is 6. The molecule has 0 atom stereocenters. The minimum Gasteiger partial charge on any atom is -0.463 e. The number of hydrogen-bond donors (Lipinski definition) is 4. The summed E-state index contributed by atoms with van der Waals surface area (Å²) >= 11 is 7.44. The molecule has 2 amide bonds. The van der Waals surface area contributed by atoms with E-state index in [4.69, 9.17) is 31.9 Å². The predicted molar refractivity (Wildman–Crippen MR) is 134 cm³/mol. The molecule has 0 radical (unpaired) electrons. The third-order valence-electron chi connectivity index (χ3n) is 4.71. The SMILES string of the molecule is N=C(N)SCCOc1oc(=O)c2cc(NC(=O)Nc3cccc4ccccc34)ccc2c1Cl. The van der Waals surface area contributed by atoms with Crippen LogP contribution >= 0.6 is 23.4 Å². The van der Waals surface area contributed by atoms with Gasteiger partial charge in [0.05, 0.1) is 11.1 Å². The van der Waals surface area contributed by atoms with Crippen molar-refractivity contribution in [1.82, 2.24) is 0 Å². The van der Waals surface area contributed by atoms with Crippen molar-refractivity contribution >= 4 is 67.5 Å². The lowest BCUT2D eigenvalue weighted by atomic mass is 10.1. The van der Waals surface area contributed by atoms with E-state index in [1.54, 1.807) is 12.1 Å². The molecule has 10 heteroatoms. The van der Waals surface area contributed by atoms with Gasteiger partial charge in [0, 0.05) is 22.2 Å². The van der Waals surface area contributed by atoms with Crippen molar-refractivity contribution in [3.05, 3.63) is 76.1 Å². The van der Waals surface area contributed by atoms with Gasteiger partial charge in [-0.05, 0) is 23.6 Å². The molecule has 0 aliphatic rings. The number of ether oxygens (including phenoxy) is 1. The zero-order valence-electron chi connectivity index (χ0n) is 17.2. The Balaban J connectivity index is 1.51. The third-order valence-corrected chi connectivity index (χ3v) is 5.75. The first-order valence-electron chi connectivity index (χ1n) is 9.84. The van der Waals surface area contributed by atoms with Crippen molar-refractivity contribution < 1.29 is 13.9 Å². The summed E-state index contributed by atoms with van der Waals surface area (Å²) in [6.45, 7) is 0.159. The second-order valence-corrected chi connectivity index (χ2v) is 8.43. The molecule has 0 unspecified atom stereocenters. The first-order chi connectivity index (χ1) is 15.9. The highest BCUT2D eigenvalue weighted by Crippen LogP contribution is 2.32. The smallest absolute Gasteiger partial charge is 0.346 e. The van der Waals surface area contributed by atoms with Crippen LogP contribution in [-0.2, 0) is 0 Å². The van der Waals surface area contributed by atoms with Gasteiger partial charge in [0.2, 0.25) is 0 Å². The normalized spacial score (nSPS) is 10.8. The van der Waals surface area contributed by atoms with Crippen LogP contribution in [0.2, 0.25) is 5.02 Å². The maximum absolute atomic E-state index is 12.6. The first-order valence-corrected chi connectivity index (χ1v) is 11.2. The maximum Gasteiger partial charge on any atom is 0.346 e. The average Bonchev–Trinajstić information content (AvgIpc) is 2.80. The van der Waals surface area contributed by atoms with E-state index in [0.29, 0.717) is 22.5 Å². The number of nitrogens with two attached hydrogens (primary N) is 1. The van der Waals surface area contributed by atoms with Crippen LogP contribution in [0.1, 0.15) is 0 Å². The van der Waals surface area contributed by atoms with E-state index in [9.17, 15) is 9.59 Å². The summed E-state index contributed by atoms with van der Waals surface area (Å²) in [6.07, 6.45) is 0. The van der Waals surface area contributed by atoms with Gasteiger partial charge in [-0.2, -0.15) is 0 Å². The van der Waals surface area contributed by atoms with Crippen LogP contribution in [0, 0.1) is 5.41 Å². The summed E-state index contributed by atoms with van der Waals surface area (Å²) in [5, 5.41) is 15.4. The molecule has 0 saturated heterocycles. The van der Waals surface area contributed by atoms with Crippen molar-refractivity contribution in [2.45, 2.75) is 0 Å². The first kappa shape index (κ1) is 22.5. The molecule has 33 heavy (non-hydrogen) atoms. The van der Waals surface area contributed by atoms with Crippen LogP contribution in [0.5, 0.6) is 5.95 Å². The Morgan fingerprint density at radius 3 is 2.67 bits per heavy atom. The molecule has 168 valence electrons. The minimum absolute atomic E-state index is 0.0332. The number of fused-ring (bicyclic) bond motifs is 2. The Bertz CT molecular complexity index is 1420. The summed E-state index contributed by atoms with van der Waals surface area (Å²) in [4.78, 5) is 25.0. The number of anilines is 2. The van der Waals surface area contributed by atoms with Gasteiger partial charge < -0.3 is 25.5 Å². The summed E-state index contributed by atoms with van der Waals surface area (Å²) in [6, 6.07) is 17.6. The van der Waals surface area contributed by atoms with Gasteiger partial charge in [0.1, 0.15) is 11.6 Å². The molecule has 1 heterocycles. The fourth-order valence-electron chi connectivity index (χ4n) is 3.27. The molecule has 0 bridgehead atoms.